The highest BCUT2D eigenvalue weighted by Crippen LogP contribution is 2.47. The van der Waals surface area contributed by atoms with Crippen molar-refractivity contribution in [3.63, 3.8) is 0 Å². The number of nitrogens with one attached hydrogen (secondary N) is 1. The lowest BCUT2D eigenvalue weighted by atomic mass is 9.94. The molecule has 3 heterocycles. The van der Waals surface area contributed by atoms with E-state index in [1.165, 1.54) is 22.1 Å². The minimum atomic E-state index is -3.28. The molecule has 0 spiro atoms. The molecule has 11 heteroatoms. The molecule has 2 aliphatic rings. The molecule has 32 heavy (non-hydrogen) atoms. The van der Waals surface area contributed by atoms with Crippen molar-refractivity contribution in [3.8, 4) is 6.07 Å². The van der Waals surface area contributed by atoms with E-state index in [0.29, 0.717) is 28.8 Å². The third-order valence-electron chi connectivity index (χ3n) is 6.41. The maximum atomic E-state index is 13.2. The second-order valence-electron chi connectivity index (χ2n) is 8.32. The number of hydrogen-bond acceptors (Lipinski definition) is 7. The number of halogens is 1. The lowest BCUT2D eigenvalue weighted by molar-refractivity contribution is 0.185. The van der Waals surface area contributed by atoms with Crippen LogP contribution in [0.25, 0.3) is 10.9 Å². The summed E-state index contributed by atoms with van der Waals surface area (Å²) in [5.74, 6) is 0.0918. The molecule has 2 fully saturated rings. The van der Waals surface area contributed by atoms with Gasteiger partial charge in [0.2, 0.25) is 10.0 Å². The van der Waals surface area contributed by atoms with Gasteiger partial charge in [-0.3, -0.25) is 13.7 Å². The highest BCUT2D eigenvalue weighted by atomic mass is 35.5. The van der Waals surface area contributed by atoms with E-state index >= 15 is 0 Å². The number of nitrogens with zero attached hydrogens (tertiary/aromatic N) is 4. The first kappa shape index (κ1) is 21.4. The minimum Gasteiger partial charge on any atom is -0.343 e. The highest BCUT2D eigenvalue weighted by Gasteiger charge is 2.46. The van der Waals surface area contributed by atoms with Crippen molar-refractivity contribution in [2.24, 2.45) is 11.8 Å². The van der Waals surface area contributed by atoms with Gasteiger partial charge >= 0.3 is 0 Å². The number of hydrogen-bond donors (Lipinski definition) is 1. The monoisotopic (exact) mass is 489 g/mol. The number of benzene rings is 1. The SMILES string of the molecule is CS(=O)(=O)N1CC2CCC(C1)C2n1sc(Nc2c(Cl)ccc3ncccc23)c(C#N)c1=O. The maximum absolute atomic E-state index is 13.2. The summed E-state index contributed by atoms with van der Waals surface area (Å²) in [6.45, 7) is 0.797. The summed E-state index contributed by atoms with van der Waals surface area (Å²) in [7, 11) is -3.28. The molecule has 1 saturated carbocycles. The van der Waals surface area contributed by atoms with Crippen LogP contribution in [0.15, 0.2) is 35.3 Å². The van der Waals surface area contributed by atoms with Gasteiger partial charge in [0.25, 0.3) is 5.56 Å². The van der Waals surface area contributed by atoms with Gasteiger partial charge in [-0.15, -0.1) is 0 Å². The molecule has 1 aliphatic heterocycles. The van der Waals surface area contributed by atoms with E-state index in [1.807, 2.05) is 18.2 Å². The summed E-state index contributed by atoms with van der Waals surface area (Å²) in [4.78, 5) is 17.5. The molecule has 5 rings (SSSR count). The molecule has 1 N–H and O–H groups in total. The fourth-order valence-electron chi connectivity index (χ4n) is 4.94. The fourth-order valence-corrected chi connectivity index (χ4v) is 7.29. The zero-order valence-corrected chi connectivity index (χ0v) is 19.5. The van der Waals surface area contributed by atoms with Crippen molar-refractivity contribution < 1.29 is 8.42 Å². The van der Waals surface area contributed by atoms with Gasteiger partial charge in [0, 0.05) is 24.7 Å². The van der Waals surface area contributed by atoms with Gasteiger partial charge in [-0.05, 0) is 60.5 Å². The predicted octanol–water partition coefficient (Wildman–Crippen LogP) is 3.57. The number of piperidine rings is 1. The average Bonchev–Trinajstić information content (AvgIpc) is 3.19. The number of nitriles is 1. The van der Waals surface area contributed by atoms with Crippen LogP contribution >= 0.6 is 23.1 Å². The Morgan fingerprint density at radius 3 is 2.62 bits per heavy atom. The van der Waals surface area contributed by atoms with Crippen molar-refractivity contribution in [1.82, 2.24) is 13.2 Å². The summed E-state index contributed by atoms with van der Waals surface area (Å²) in [5, 5.41) is 14.6. The summed E-state index contributed by atoms with van der Waals surface area (Å²) < 4.78 is 27.3. The molecule has 2 atom stereocenters. The summed E-state index contributed by atoms with van der Waals surface area (Å²) >= 11 is 7.65. The number of aromatic nitrogens is 2. The van der Waals surface area contributed by atoms with Gasteiger partial charge in [0.05, 0.1) is 28.5 Å². The van der Waals surface area contributed by atoms with E-state index in [-0.39, 0.29) is 29.0 Å². The van der Waals surface area contributed by atoms with Gasteiger partial charge in [0.15, 0.2) is 5.56 Å². The Balaban J connectivity index is 1.54. The largest absolute Gasteiger partial charge is 0.343 e. The number of sulfonamides is 1. The second kappa shape index (κ2) is 7.85. The molecular formula is C21H20ClN5O3S2. The van der Waals surface area contributed by atoms with E-state index in [2.05, 4.69) is 10.3 Å². The molecule has 1 saturated heterocycles. The molecule has 8 nitrogen and oxygen atoms in total. The first-order chi connectivity index (χ1) is 15.3. The zero-order valence-electron chi connectivity index (χ0n) is 17.2. The van der Waals surface area contributed by atoms with Gasteiger partial charge in [-0.1, -0.05) is 11.6 Å². The van der Waals surface area contributed by atoms with E-state index in [9.17, 15) is 18.5 Å². The Morgan fingerprint density at radius 1 is 1.25 bits per heavy atom. The van der Waals surface area contributed by atoms with Gasteiger partial charge in [0.1, 0.15) is 11.1 Å². The Hall–Kier alpha value is -2.45. The third kappa shape index (κ3) is 3.49. The highest BCUT2D eigenvalue weighted by molar-refractivity contribution is 7.88. The molecule has 166 valence electrons. The van der Waals surface area contributed by atoms with Gasteiger partial charge in [-0.25, -0.2) is 12.7 Å². The Labute approximate surface area is 194 Å². The normalized spacial score (nSPS) is 23.3. The van der Waals surface area contributed by atoms with E-state index in [0.717, 1.165) is 23.7 Å². The fraction of sp³-hybridized carbons (Fsp3) is 0.381. The van der Waals surface area contributed by atoms with Crippen LogP contribution in [0.4, 0.5) is 10.7 Å². The Bertz CT molecular complexity index is 1410. The van der Waals surface area contributed by atoms with Crippen molar-refractivity contribution in [1.29, 1.82) is 5.26 Å². The summed E-state index contributed by atoms with van der Waals surface area (Å²) in [6.07, 6.45) is 4.63. The number of pyridine rings is 1. The second-order valence-corrected chi connectivity index (χ2v) is 11.7. The van der Waals surface area contributed by atoms with Crippen LogP contribution in [-0.2, 0) is 10.0 Å². The smallest absolute Gasteiger partial charge is 0.281 e. The van der Waals surface area contributed by atoms with Crippen molar-refractivity contribution in [3.05, 3.63) is 51.4 Å². The Kier molecular flexibility index (Phi) is 5.25. The van der Waals surface area contributed by atoms with Crippen molar-refractivity contribution in [2.75, 3.05) is 24.7 Å². The summed E-state index contributed by atoms with van der Waals surface area (Å²) in [6, 6.07) is 9.15. The number of fused-ring (bicyclic) bond motifs is 3. The van der Waals surface area contributed by atoms with Crippen LogP contribution in [-0.4, -0.2) is 41.0 Å². The molecule has 1 aromatic carbocycles. The molecule has 0 amide bonds. The van der Waals surface area contributed by atoms with E-state index < -0.39 is 10.0 Å². The Morgan fingerprint density at radius 2 is 1.97 bits per heavy atom. The molecule has 2 unspecified atom stereocenters. The predicted molar refractivity (Wildman–Crippen MR) is 125 cm³/mol. The molecule has 2 bridgehead atoms. The zero-order chi connectivity index (χ0) is 22.6. The first-order valence-electron chi connectivity index (χ1n) is 10.2. The van der Waals surface area contributed by atoms with Gasteiger partial charge < -0.3 is 5.32 Å². The summed E-state index contributed by atoms with van der Waals surface area (Å²) in [5.41, 5.74) is 1.04. The van der Waals surface area contributed by atoms with Crippen LogP contribution in [0.3, 0.4) is 0 Å². The molecule has 1 aliphatic carbocycles. The number of anilines is 2. The van der Waals surface area contributed by atoms with Crippen LogP contribution in [0.2, 0.25) is 5.02 Å². The standard InChI is InChI=1S/C21H20ClN5O3S2/c1-32(29,30)26-10-12-4-5-13(11-26)19(12)27-21(28)15(9-23)20(31-27)25-18-14-3-2-8-24-17(14)7-6-16(18)22/h2-3,6-8,12-13,19,25H,4-5,10-11H2,1H3. The molecule has 3 aromatic rings. The van der Waals surface area contributed by atoms with Crippen LogP contribution in [0, 0.1) is 23.2 Å². The van der Waals surface area contributed by atoms with Crippen LogP contribution in [0.5, 0.6) is 0 Å². The van der Waals surface area contributed by atoms with E-state index in [4.69, 9.17) is 11.6 Å². The maximum Gasteiger partial charge on any atom is 0.281 e. The van der Waals surface area contributed by atoms with E-state index in [1.54, 1.807) is 22.3 Å². The topological polar surface area (TPSA) is 108 Å². The van der Waals surface area contributed by atoms with Gasteiger partial charge in [-0.2, -0.15) is 5.26 Å². The average molecular weight is 490 g/mol. The molecular weight excluding hydrogens is 470 g/mol. The molecule has 0 radical (unpaired) electrons. The minimum absolute atomic E-state index is 0.0388. The number of rotatable bonds is 4. The first-order valence-corrected chi connectivity index (χ1v) is 13.2. The lowest BCUT2D eigenvalue weighted by Crippen LogP contribution is -2.46. The third-order valence-corrected chi connectivity index (χ3v) is 9.05. The lowest BCUT2D eigenvalue weighted by Gasteiger charge is -2.36. The van der Waals surface area contributed by atoms with Crippen molar-refractivity contribution in [2.45, 2.75) is 18.9 Å². The quantitative estimate of drug-likeness (QED) is 0.600. The van der Waals surface area contributed by atoms with Crippen molar-refractivity contribution >= 4 is 54.7 Å². The molecule has 2 aromatic heterocycles. The van der Waals surface area contributed by atoms with Crippen LogP contribution < -0.4 is 10.9 Å². The van der Waals surface area contributed by atoms with Crippen LogP contribution in [0.1, 0.15) is 24.4 Å².